The molecule has 2 aliphatic heterocycles. The lowest BCUT2D eigenvalue weighted by molar-refractivity contribution is -0.121. The number of Topliss-reactive ketones (excluding diaryl/α,β-unsaturated/α-hetero) is 1. The van der Waals surface area contributed by atoms with Gasteiger partial charge in [-0.1, -0.05) is 29.3 Å². The second kappa shape index (κ2) is 10.8. The molecule has 1 unspecified atom stereocenters. The summed E-state index contributed by atoms with van der Waals surface area (Å²) < 4.78 is 15.8. The summed E-state index contributed by atoms with van der Waals surface area (Å²) in [6, 6.07) is 15.0. The number of benzene rings is 3. The lowest BCUT2D eigenvalue weighted by atomic mass is 10.1. The van der Waals surface area contributed by atoms with Gasteiger partial charge in [-0.15, -0.1) is 0 Å². The summed E-state index contributed by atoms with van der Waals surface area (Å²) in [5, 5.41) is 3.65. The first kappa shape index (κ1) is 25.7. The molecule has 0 aromatic heterocycles. The van der Waals surface area contributed by atoms with Gasteiger partial charge in [0, 0.05) is 17.1 Å². The lowest BCUT2D eigenvalue weighted by Gasteiger charge is -2.16. The molecule has 194 valence electrons. The molecule has 0 bridgehead atoms. The van der Waals surface area contributed by atoms with E-state index in [-0.39, 0.29) is 35.3 Å². The molecule has 0 radical (unpaired) electrons. The van der Waals surface area contributed by atoms with Crippen molar-refractivity contribution in [3.05, 3.63) is 87.4 Å². The van der Waals surface area contributed by atoms with Gasteiger partial charge < -0.3 is 19.5 Å². The average molecular weight is 555 g/mol. The van der Waals surface area contributed by atoms with E-state index in [1.54, 1.807) is 6.07 Å². The molecule has 5 rings (SSSR count). The predicted molar refractivity (Wildman–Crippen MR) is 138 cm³/mol. The third-order valence-corrected chi connectivity index (χ3v) is 6.61. The first-order valence-corrected chi connectivity index (χ1v) is 12.3. The van der Waals surface area contributed by atoms with Gasteiger partial charge >= 0.3 is 5.97 Å². The lowest BCUT2D eigenvalue weighted by Crippen LogP contribution is -2.38. The maximum absolute atomic E-state index is 13.0. The van der Waals surface area contributed by atoms with Crippen LogP contribution in [-0.2, 0) is 20.9 Å². The van der Waals surface area contributed by atoms with Crippen molar-refractivity contribution in [2.24, 2.45) is 0 Å². The zero-order chi connectivity index (χ0) is 26.8. The second-order valence-corrected chi connectivity index (χ2v) is 9.41. The van der Waals surface area contributed by atoms with Gasteiger partial charge in [-0.3, -0.25) is 14.4 Å². The van der Waals surface area contributed by atoms with E-state index in [1.165, 1.54) is 42.5 Å². The van der Waals surface area contributed by atoms with Crippen molar-refractivity contribution in [2.45, 2.75) is 19.0 Å². The number of anilines is 1. The van der Waals surface area contributed by atoms with E-state index in [1.807, 2.05) is 12.1 Å². The van der Waals surface area contributed by atoms with Crippen molar-refractivity contribution < 1.29 is 33.4 Å². The van der Waals surface area contributed by atoms with Crippen molar-refractivity contribution in [3.8, 4) is 11.5 Å². The van der Waals surface area contributed by atoms with Gasteiger partial charge in [0.15, 0.2) is 18.1 Å². The molecular formula is C27H20Cl2N2O7. The summed E-state index contributed by atoms with van der Waals surface area (Å²) in [5.74, 6) is -0.676. The molecule has 1 N–H and O–H groups in total. The average Bonchev–Trinajstić information content (AvgIpc) is 3.48. The van der Waals surface area contributed by atoms with Crippen LogP contribution >= 0.6 is 23.2 Å². The van der Waals surface area contributed by atoms with Crippen LogP contribution in [0.1, 0.15) is 32.7 Å². The Balaban J connectivity index is 1.17. The number of nitrogens with zero attached hydrogens (tertiary/aromatic N) is 1. The van der Waals surface area contributed by atoms with Crippen LogP contribution in [0.3, 0.4) is 0 Å². The Morgan fingerprint density at radius 3 is 2.50 bits per heavy atom. The Labute approximate surface area is 227 Å². The van der Waals surface area contributed by atoms with Crippen molar-refractivity contribution >= 4 is 52.5 Å². The molecule has 38 heavy (non-hydrogen) atoms. The normalized spacial score (nSPS) is 16.2. The highest BCUT2D eigenvalue weighted by molar-refractivity contribution is 6.36. The topological polar surface area (TPSA) is 111 Å². The number of hydrogen-bond acceptors (Lipinski definition) is 8. The van der Waals surface area contributed by atoms with Crippen LogP contribution in [0.2, 0.25) is 10.0 Å². The zero-order valence-corrected chi connectivity index (χ0v) is 21.3. The maximum atomic E-state index is 13.0. The minimum atomic E-state index is -0.739. The number of nitrogens with one attached hydrogen (secondary N) is 1. The molecule has 3 aromatic rings. The van der Waals surface area contributed by atoms with Gasteiger partial charge in [0.05, 0.1) is 28.7 Å². The number of esters is 1. The summed E-state index contributed by atoms with van der Waals surface area (Å²) in [5.41, 5.74) is 1.55. The highest BCUT2D eigenvalue weighted by Crippen LogP contribution is 2.32. The molecule has 1 atom stereocenters. The van der Waals surface area contributed by atoms with Gasteiger partial charge in [-0.25, -0.2) is 9.69 Å². The number of halogens is 2. The maximum Gasteiger partial charge on any atom is 0.338 e. The smallest absolute Gasteiger partial charge is 0.338 e. The van der Waals surface area contributed by atoms with E-state index in [9.17, 15) is 19.2 Å². The number of hydrogen-bond donors (Lipinski definition) is 1. The first-order valence-electron chi connectivity index (χ1n) is 11.5. The van der Waals surface area contributed by atoms with E-state index < -0.39 is 30.3 Å². The van der Waals surface area contributed by atoms with Crippen LogP contribution in [-0.4, -0.2) is 43.0 Å². The van der Waals surface area contributed by atoms with Gasteiger partial charge in [0.25, 0.3) is 5.91 Å². The number of amides is 2. The van der Waals surface area contributed by atoms with Crippen LogP contribution in [0.5, 0.6) is 11.5 Å². The van der Waals surface area contributed by atoms with E-state index >= 15 is 0 Å². The fraction of sp³-hybridized carbons (Fsp3) is 0.185. The number of rotatable bonds is 8. The minimum Gasteiger partial charge on any atom is -0.454 e. The van der Waals surface area contributed by atoms with E-state index in [0.29, 0.717) is 28.8 Å². The fourth-order valence-electron chi connectivity index (χ4n) is 4.11. The molecule has 2 amide bonds. The molecule has 0 spiro atoms. The summed E-state index contributed by atoms with van der Waals surface area (Å²) in [7, 11) is 0. The van der Waals surface area contributed by atoms with Crippen molar-refractivity contribution in [1.29, 1.82) is 0 Å². The number of imide groups is 1. The van der Waals surface area contributed by atoms with E-state index in [4.69, 9.17) is 37.4 Å². The van der Waals surface area contributed by atoms with Crippen LogP contribution in [0, 0.1) is 0 Å². The fourth-order valence-corrected chi connectivity index (χ4v) is 4.62. The van der Waals surface area contributed by atoms with Crippen LogP contribution < -0.4 is 19.7 Å². The monoisotopic (exact) mass is 554 g/mol. The Morgan fingerprint density at radius 2 is 1.74 bits per heavy atom. The molecule has 1 fully saturated rings. The van der Waals surface area contributed by atoms with Crippen LogP contribution in [0.15, 0.2) is 60.7 Å². The Kier molecular flexibility index (Phi) is 7.33. The first-order chi connectivity index (χ1) is 18.3. The van der Waals surface area contributed by atoms with Crippen molar-refractivity contribution in [2.75, 3.05) is 18.3 Å². The number of carbonyl (C=O) groups excluding carboxylic acids is 4. The number of ether oxygens (including phenoxy) is 3. The zero-order valence-electron chi connectivity index (χ0n) is 19.7. The van der Waals surface area contributed by atoms with Crippen molar-refractivity contribution in [3.63, 3.8) is 0 Å². The number of ketones is 1. The Hall–Kier alpha value is -3.92. The molecule has 2 aliphatic rings. The number of carbonyl (C=O) groups is 4. The van der Waals surface area contributed by atoms with Gasteiger partial charge in [-0.05, 0) is 60.2 Å². The molecule has 9 nitrogen and oxygen atoms in total. The molecule has 0 aliphatic carbocycles. The highest BCUT2D eigenvalue weighted by Gasteiger charge is 2.39. The van der Waals surface area contributed by atoms with Gasteiger partial charge in [-0.2, -0.15) is 0 Å². The third kappa shape index (κ3) is 5.35. The number of fused-ring (bicyclic) bond motifs is 1. The van der Waals surface area contributed by atoms with E-state index in [0.717, 1.165) is 10.5 Å². The third-order valence-electron chi connectivity index (χ3n) is 6.06. The standard InChI is InChI=1S/C27H20Cl2N2O7/c28-17-4-7-19(20(29)10-17)22(32)13-36-27(35)16-2-5-18(6-3-16)31-25(33)11-21(26(31)34)30-12-15-1-8-23-24(9-15)38-14-37-23/h1-10,21,30H,11-14H2. The summed E-state index contributed by atoms with van der Waals surface area (Å²) in [6.45, 7) is 0.0182. The van der Waals surface area contributed by atoms with Gasteiger partial charge in [0.2, 0.25) is 18.5 Å². The molecule has 11 heteroatoms. The molecule has 2 heterocycles. The summed E-state index contributed by atoms with van der Waals surface area (Å²) in [4.78, 5) is 51.4. The van der Waals surface area contributed by atoms with Crippen molar-refractivity contribution in [1.82, 2.24) is 5.32 Å². The molecule has 1 saturated heterocycles. The molecule has 3 aromatic carbocycles. The van der Waals surface area contributed by atoms with E-state index in [2.05, 4.69) is 5.32 Å². The SMILES string of the molecule is O=C(OCC(=O)c1ccc(Cl)cc1Cl)c1ccc(N2C(=O)CC(NCc3ccc4c(c3)OCO4)C2=O)cc1. The molecule has 0 saturated carbocycles. The Bertz CT molecular complexity index is 1440. The molecular weight excluding hydrogens is 535 g/mol. The highest BCUT2D eigenvalue weighted by atomic mass is 35.5. The van der Waals surface area contributed by atoms with Crippen LogP contribution in [0.25, 0.3) is 0 Å². The quantitative estimate of drug-likeness (QED) is 0.251. The largest absolute Gasteiger partial charge is 0.454 e. The summed E-state index contributed by atoms with van der Waals surface area (Å²) >= 11 is 11.9. The summed E-state index contributed by atoms with van der Waals surface area (Å²) in [6.07, 6.45) is 0.00253. The second-order valence-electron chi connectivity index (χ2n) is 8.56. The Morgan fingerprint density at radius 1 is 0.974 bits per heavy atom. The predicted octanol–water partition coefficient (Wildman–Crippen LogP) is 4.18. The van der Waals surface area contributed by atoms with Crippen LogP contribution in [0.4, 0.5) is 5.69 Å². The minimum absolute atomic E-state index is 0.00253. The van der Waals surface area contributed by atoms with Gasteiger partial charge in [0.1, 0.15) is 0 Å².